The third-order valence-corrected chi connectivity index (χ3v) is 6.10. The van der Waals surface area contributed by atoms with Crippen molar-refractivity contribution in [3.63, 3.8) is 0 Å². The predicted molar refractivity (Wildman–Crippen MR) is 135 cm³/mol. The zero-order valence-electron chi connectivity index (χ0n) is 21.0. The molecule has 0 aliphatic rings. The molecule has 0 saturated carbocycles. The number of aromatic nitrogens is 7. The highest BCUT2D eigenvalue weighted by Gasteiger charge is 2.21. The van der Waals surface area contributed by atoms with Crippen molar-refractivity contribution in [3.8, 4) is 5.69 Å². The second-order valence-corrected chi connectivity index (χ2v) is 8.61. The van der Waals surface area contributed by atoms with E-state index in [1.807, 2.05) is 0 Å². The molecule has 0 saturated heterocycles. The minimum Gasteiger partial charge on any atom is -0.462 e. The average molecular weight is 536 g/mol. The number of fused-ring (bicyclic) bond motifs is 2. The molecule has 0 unspecified atom stereocenters. The number of nitro groups is 1. The summed E-state index contributed by atoms with van der Waals surface area (Å²) in [7, 11) is 0. The summed E-state index contributed by atoms with van der Waals surface area (Å²) in [6, 6.07) is 4.05. The predicted octanol–water partition coefficient (Wildman–Crippen LogP) is 1.99. The van der Waals surface area contributed by atoms with Crippen molar-refractivity contribution in [1.82, 2.24) is 33.7 Å². The number of nitrogens with zero attached hydrogens (tertiary/aromatic N) is 8. The maximum Gasteiger partial charge on any atom is 0.352 e. The van der Waals surface area contributed by atoms with E-state index in [0.717, 1.165) is 16.8 Å². The molecule has 39 heavy (non-hydrogen) atoms. The summed E-state index contributed by atoms with van der Waals surface area (Å²) in [5.41, 5.74) is -0.933. The lowest BCUT2D eigenvalue weighted by atomic mass is 10.1. The number of esters is 1. The summed E-state index contributed by atoms with van der Waals surface area (Å²) in [4.78, 5) is 48.2. The van der Waals surface area contributed by atoms with Crippen LogP contribution in [0.15, 0.2) is 46.4 Å². The van der Waals surface area contributed by atoms with Gasteiger partial charge in [0.25, 0.3) is 0 Å². The first-order valence-electron chi connectivity index (χ1n) is 11.8. The van der Waals surface area contributed by atoms with Crippen LogP contribution in [0.1, 0.15) is 35.6 Å². The lowest BCUT2D eigenvalue weighted by molar-refractivity contribution is -0.386. The fraction of sp³-hybridized carbons (Fsp3) is 0.250. The molecule has 5 rings (SSSR count). The van der Waals surface area contributed by atoms with Crippen LogP contribution in [0, 0.1) is 22.9 Å². The van der Waals surface area contributed by atoms with E-state index in [0.29, 0.717) is 29.1 Å². The van der Waals surface area contributed by atoms with Crippen LogP contribution in [0.3, 0.4) is 0 Å². The second kappa shape index (κ2) is 9.59. The molecule has 0 aliphatic heterocycles. The Bertz CT molecular complexity index is 1920. The maximum absolute atomic E-state index is 15.3. The summed E-state index contributed by atoms with van der Waals surface area (Å²) >= 11 is 0. The van der Waals surface area contributed by atoms with E-state index in [-0.39, 0.29) is 29.8 Å². The Morgan fingerprint density at radius 1 is 1.13 bits per heavy atom. The molecule has 15 heteroatoms. The normalized spacial score (nSPS) is 11.4. The molecule has 5 aromatic rings. The number of rotatable bonds is 7. The maximum atomic E-state index is 15.3. The number of hydrogen-bond acceptors (Lipinski definition) is 9. The van der Waals surface area contributed by atoms with Gasteiger partial charge in [0, 0.05) is 24.2 Å². The lowest BCUT2D eigenvalue weighted by Crippen LogP contribution is -2.22. The number of halogens is 1. The molecule has 0 fully saturated rings. The van der Waals surface area contributed by atoms with E-state index in [2.05, 4.69) is 15.4 Å². The monoisotopic (exact) mass is 536 g/mol. The number of carbonyl (C=O) groups is 1. The summed E-state index contributed by atoms with van der Waals surface area (Å²) in [5, 5.41) is 23.5. The third kappa shape index (κ3) is 4.32. The van der Waals surface area contributed by atoms with Gasteiger partial charge in [0.2, 0.25) is 5.43 Å². The summed E-state index contributed by atoms with van der Waals surface area (Å²) in [5.74, 6) is -1.57. The molecule has 0 atom stereocenters. The molecule has 0 N–H and O–H groups in total. The van der Waals surface area contributed by atoms with Crippen LogP contribution in [0.5, 0.6) is 0 Å². The van der Waals surface area contributed by atoms with Gasteiger partial charge in [-0.05, 0) is 32.9 Å². The van der Waals surface area contributed by atoms with Gasteiger partial charge in [0.1, 0.15) is 28.4 Å². The highest BCUT2D eigenvalue weighted by Crippen LogP contribution is 2.22. The molecule has 1 aromatic carbocycles. The number of pyridine rings is 1. The minimum atomic E-state index is -0.866. The van der Waals surface area contributed by atoms with E-state index in [1.165, 1.54) is 27.7 Å². The van der Waals surface area contributed by atoms with Crippen molar-refractivity contribution in [2.24, 2.45) is 0 Å². The van der Waals surface area contributed by atoms with Crippen LogP contribution in [0.2, 0.25) is 0 Å². The first-order valence-corrected chi connectivity index (χ1v) is 11.8. The van der Waals surface area contributed by atoms with Crippen LogP contribution in [0.25, 0.3) is 22.2 Å². The zero-order valence-corrected chi connectivity index (χ0v) is 21.0. The molecule has 0 amide bonds. The Labute approximate surface area is 217 Å². The van der Waals surface area contributed by atoms with Crippen LogP contribution in [-0.2, 0) is 17.8 Å². The Hall–Kier alpha value is -5.21. The second-order valence-electron chi connectivity index (χ2n) is 8.61. The molecule has 4 aromatic heterocycles. The molecular formula is C24H21FN8O6. The molecular weight excluding hydrogens is 515 g/mol. The van der Waals surface area contributed by atoms with E-state index in [9.17, 15) is 24.5 Å². The fourth-order valence-electron chi connectivity index (χ4n) is 4.32. The smallest absolute Gasteiger partial charge is 0.352 e. The number of benzene rings is 1. The number of hydrogen-bond donors (Lipinski definition) is 0. The van der Waals surface area contributed by atoms with Gasteiger partial charge in [0.05, 0.1) is 41.7 Å². The highest BCUT2D eigenvalue weighted by atomic mass is 19.1. The quantitative estimate of drug-likeness (QED) is 0.172. The van der Waals surface area contributed by atoms with Gasteiger partial charge in [-0.1, -0.05) is 5.21 Å². The fourth-order valence-corrected chi connectivity index (χ4v) is 4.32. The lowest BCUT2D eigenvalue weighted by Gasteiger charge is -2.13. The molecule has 0 radical (unpaired) electrons. The van der Waals surface area contributed by atoms with Gasteiger partial charge in [-0.3, -0.25) is 19.7 Å². The Morgan fingerprint density at radius 3 is 2.59 bits per heavy atom. The van der Waals surface area contributed by atoms with E-state index < -0.39 is 33.4 Å². The van der Waals surface area contributed by atoms with Crippen molar-refractivity contribution in [1.29, 1.82) is 0 Å². The van der Waals surface area contributed by atoms with Gasteiger partial charge < -0.3 is 13.9 Å². The molecule has 0 spiro atoms. The molecule has 200 valence electrons. The van der Waals surface area contributed by atoms with Crippen LogP contribution in [-0.4, -0.2) is 51.2 Å². The molecule has 0 bridgehead atoms. The zero-order chi connectivity index (χ0) is 28.0. The van der Waals surface area contributed by atoms with E-state index in [4.69, 9.17) is 4.74 Å². The Kier molecular flexibility index (Phi) is 6.25. The largest absolute Gasteiger partial charge is 0.462 e. The first-order chi connectivity index (χ1) is 18.6. The summed E-state index contributed by atoms with van der Waals surface area (Å²) < 4.78 is 25.4. The van der Waals surface area contributed by atoms with Crippen LogP contribution in [0.4, 0.5) is 10.1 Å². The molecule has 14 nitrogen and oxygen atoms in total. The van der Waals surface area contributed by atoms with Crippen molar-refractivity contribution in [2.75, 3.05) is 6.61 Å². The van der Waals surface area contributed by atoms with Crippen molar-refractivity contribution >= 4 is 28.2 Å². The first kappa shape index (κ1) is 25.4. The van der Waals surface area contributed by atoms with Gasteiger partial charge in [-0.25, -0.2) is 13.9 Å². The van der Waals surface area contributed by atoms with Crippen LogP contribution < -0.4 is 11.0 Å². The number of carbonyl (C=O) groups excluding carboxylic acids is 1. The number of ether oxygens (including phenoxy) is 1. The van der Waals surface area contributed by atoms with Gasteiger partial charge in [-0.2, -0.15) is 9.61 Å². The summed E-state index contributed by atoms with van der Waals surface area (Å²) in [6.45, 7) is 5.50. The van der Waals surface area contributed by atoms with Crippen molar-refractivity contribution < 1.29 is 18.8 Å². The minimum absolute atomic E-state index is 0.00283. The van der Waals surface area contributed by atoms with Gasteiger partial charge in [0.15, 0.2) is 0 Å². The van der Waals surface area contributed by atoms with Crippen molar-refractivity contribution in [2.45, 2.75) is 33.9 Å². The molecule has 0 aliphatic carbocycles. The SMILES string of the molecule is CCOC(=O)c1cn(CC)c2cc(-n3cc(Cn4cc([N+](=O)[O-])c(=O)n5nc(C)cc45)nn3)c(F)cc2c1=O. The highest BCUT2D eigenvalue weighted by molar-refractivity contribution is 5.94. The van der Waals surface area contributed by atoms with Crippen LogP contribution >= 0.6 is 0 Å². The average Bonchev–Trinajstić information content (AvgIpc) is 3.52. The van der Waals surface area contributed by atoms with Gasteiger partial charge in [-0.15, -0.1) is 5.10 Å². The molecule has 4 heterocycles. The Morgan fingerprint density at radius 2 is 1.90 bits per heavy atom. The Balaban J connectivity index is 1.58. The van der Waals surface area contributed by atoms with Gasteiger partial charge >= 0.3 is 17.2 Å². The van der Waals surface area contributed by atoms with E-state index >= 15 is 4.39 Å². The number of aryl methyl sites for hydroxylation is 2. The standard InChI is InChI=1S/C24H21FN8O6/c1-4-29-11-16(24(36)39-5-2)22(34)15-7-17(25)19(8-18(15)29)31-10-14(26-28-31)9-30-12-20(33(37)38)23(35)32-21(30)6-13(3)27-32/h6-8,10-12H,4-5,9H2,1-3H3. The summed E-state index contributed by atoms with van der Waals surface area (Å²) in [6.07, 6.45) is 3.89. The van der Waals surface area contributed by atoms with E-state index in [1.54, 1.807) is 31.4 Å². The topological polar surface area (TPSA) is 161 Å². The van der Waals surface area contributed by atoms with Crippen molar-refractivity contribution in [3.05, 3.63) is 90.2 Å². The third-order valence-electron chi connectivity index (χ3n) is 6.10.